The van der Waals surface area contributed by atoms with Gasteiger partial charge < -0.3 is 33.1 Å². The molecule has 0 bridgehead atoms. The highest BCUT2D eigenvalue weighted by atomic mass is 32.2. The first-order valence-corrected chi connectivity index (χ1v) is 11.7. The highest BCUT2D eigenvalue weighted by molar-refractivity contribution is 8.00. The van der Waals surface area contributed by atoms with E-state index in [2.05, 4.69) is 4.72 Å². The van der Waals surface area contributed by atoms with Gasteiger partial charge in [0.05, 0.1) is 53.3 Å². The van der Waals surface area contributed by atoms with E-state index in [1.165, 1.54) is 25.1 Å². The van der Waals surface area contributed by atoms with Crippen LogP contribution in [0.15, 0.2) is 47.4 Å². The summed E-state index contributed by atoms with van der Waals surface area (Å²) in [5.74, 6) is 2.82. The maximum absolute atomic E-state index is 11.4. The first kappa shape index (κ1) is 27.3. The zero-order valence-electron chi connectivity index (χ0n) is 21.3. The van der Waals surface area contributed by atoms with Crippen molar-refractivity contribution < 1.29 is 33.3 Å². The van der Waals surface area contributed by atoms with Gasteiger partial charge in [0.25, 0.3) is 0 Å². The van der Waals surface area contributed by atoms with Crippen LogP contribution >= 0.6 is 11.9 Å². The standard InChI is InChI=1S/C26H28N2O8S/c1-31-21-10-9-18(14-20(21)28(29)30)37-27-19-15-23(33-3)22(32-2)13-17(19)8-7-16-11-24(34-4)26(36-6)25(12-16)35-5/h7-15,27H,1-6H3/b8-7-. The van der Waals surface area contributed by atoms with Gasteiger partial charge in [-0.05, 0) is 47.8 Å². The van der Waals surface area contributed by atoms with E-state index in [0.717, 1.165) is 11.1 Å². The Kier molecular flexibility index (Phi) is 9.33. The number of ether oxygens (including phenoxy) is 6. The van der Waals surface area contributed by atoms with Crippen LogP contribution in [0.3, 0.4) is 0 Å². The Morgan fingerprint density at radius 1 is 0.730 bits per heavy atom. The third-order valence-corrected chi connectivity index (χ3v) is 6.14. The summed E-state index contributed by atoms with van der Waals surface area (Å²) in [4.78, 5) is 11.5. The van der Waals surface area contributed by atoms with E-state index in [0.29, 0.717) is 39.3 Å². The molecule has 0 saturated carbocycles. The zero-order valence-corrected chi connectivity index (χ0v) is 22.1. The lowest BCUT2D eigenvalue weighted by atomic mass is 10.1. The highest BCUT2D eigenvalue weighted by Crippen LogP contribution is 2.40. The number of nitrogens with zero attached hydrogens (tertiary/aromatic N) is 1. The molecule has 10 nitrogen and oxygen atoms in total. The molecule has 0 atom stereocenters. The molecule has 3 aromatic rings. The van der Waals surface area contributed by atoms with Crippen molar-refractivity contribution in [3.05, 3.63) is 63.7 Å². The lowest BCUT2D eigenvalue weighted by Gasteiger charge is -2.15. The van der Waals surface area contributed by atoms with Gasteiger partial charge in [-0.1, -0.05) is 12.2 Å². The van der Waals surface area contributed by atoms with Gasteiger partial charge in [-0.15, -0.1) is 0 Å². The number of nitrogens with one attached hydrogen (secondary N) is 1. The van der Waals surface area contributed by atoms with E-state index in [1.54, 1.807) is 53.7 Å². The van der Waals surface area contributed by atoms with Crippen molar-refractivity contribution in [2.24, 2.45) is 0 Å². The van der Waals surface area contributed by atoms with E-state index >= 15 is 0 Å². The van der Waals surface area contributed by atoms with Gasteiger partial charge >= 0.3 is 5.69 Å². The SMILES string of the molecule is COc1cc(/C=C\c2cc(OC)c(OC)c(OC)c2)c(NSc2ccc(OC)c([N+](=O)[O-])c2)cc1OC. The van der Waals surface area contributed by atoms with Crippen molar-refractivity contribution in [2.75, 3.05) is 47.4 Å². The molecular weight excluding hydrogens is 500 g/mol. The van der Waals surface area contributed by atoms with Crippen LogP contribution in [0.5, 0.6) is 34.5 Å². The molecule has 0 unspecified atom stereocenters. The molecule has 0 radical (unpaired) electrons. The van der Waals surface area contributed by atoms with Crippen molar-refractivity contribution in [1.82, 2.24) is 0 Å². The fourth-order valence-electron chi connectivity index (χ4n) is 3.49. The Balaban J connectivity index is 1.98. The van der Waals surface area contributed by atoms with Crippen molar-refractivity contribution >= 4 is 35.5 Å². The van der Waals surface area contributed by atoms with Crippen LogP contribution in [0.1, 0.15) is 11.1 Å². The summed E-state index contributed by atoms with van der Waals surface area (Å²) in [5.41, 5.74) is 2.17. The van der Waals surface area contributed by atoms with Crippen LogP contribution in [-0.2, 0) is 0 Å². The summed E-state index contributed by atoms with van der Waals surface area (Å²) in [5, 5.41) is 11.4. The number of anilines is 1. The second-order valence-corrected chi connectivity index (χ2v) is 8.26. The van der Waals surface area contributed by atoms with E-state index in [4.69, 9.17) is 28.4 Å². The van der Waals surface area contributed by atoms with Gasteiger partial charge in [-0.2, -0.15) is 0 Å². The highest BCUT2D eigenvalue weighted by Gasteiger charge is 2.17. The molecule has 0 amide bonds. The molecule has 37 heavy (non-hydrogen) atoms. The number of rotatable bonds is 12. The molecule has 3 rings (SSSR count). The Morgan fingerprint density at radius 2 is 1.32 bits per heavy atom. The second kappa shape index (κ2) is 12.6. The number of methoxy groups -OCH3 is 6. The van der Waals surface area contributed by atoms with Gasteiger partial charge in [0, 0.05) is 22.6 Å². The molecule has 0 spiro atoms. The first-order chi connectivity index (χ1) is 17.9. The average molecular weight is 529 g/mol. The zero-order chi connectivity index (χ0) is 26.9. The van der Waals surface area contributed by atoms with Crippen LogP contribution in [0.25, 0.3) is 12.2 Å². The van der Waals surface area contributed by atoms with Crippen LogP contribution in [0.2, 0.25) is 0 Å². The van der Waals surface area contributed by atoms with Crippen LogP contribution in [0.4, 0.5) is 11.4 Å². The summed E-state index contributed by atoms with van der Waals surface area (Å²) in [7, 11) is 9.16. The Labute approximate surface area is 219 Å². The molecule has 0 fully saturated rings. The lowest BCUT2D eigenvalue weighted by molar-refractivity contribution is -0.386. The molecule has 0 heterocycles. The van der Waals surface area contributed by atoms with Gasteiger partial charge in [0.15, 0.2) is 28.7 Å². The molecule has 0 aliphatic heterocycles. The predicted octanol–water partition coefficient (Wildman–Crippen LogP) is 5.94. The van der Waals surface area contributed by atoms with E-state index in [-0.39, 0.29) is 11.4 Å². The number of hydrogen-bond donors (Lipinski definition) is 1. The molecule has 0 aliphatic rings. The van der Waals surface area contributed by atoms with Crippen LogP contribution in [-0.4, -0.2) is 47.6 Å². The van der Waals surface area contributed by atoms with Crippen LogP contribution in [0, 0.1) is 10.1 Å². The topological polar surface area (TPSA) is 111 Å². The molecule has 0 aliphatic carbocycles. The average Bonchev–Trinajstić information content (AvgIpc) is 2.93. The molecule has 0 saturated heterocycles. The van der Waals surface area contributed by atoms with Crippen molar-refractivity contribution in [2.45, 2.75) is 4.90 Å². The maximum Gasteiger partial charge on any atom is 0.312 e. The number of nitro benzene ring substituents is 1. The molecule has 3 aromatic carbocycles. The lowest BCUT2D eigenvalue weighted by Crippen LogP contribution is -1.97. The minimum atomic E-state index is -0.481. The molecule has 11 heteroatoms. The predicted molar refractivity (Wildman–Crippen MR) is 144 cm³/mol. The van der Waals surface area contributed by atoms with Crippen molar-refractivity contribution in [1.29, 1.82) is 0 Å². The summed E-state index contributed by atoms with van der Waals surface area (Å²) < 4.78 is 35.6. The minimum Gasteiger partial charge on any atom is -0.493 e. The van der Waals surface area contributed by atoms with Gasteiger partial charge in [-0.25, -0.2) is 0 Å². The third-order valence-electron chi connectivity index (χ3n) is 5.32. The quantitative estimate of drug-likeness (QED) is 0.131. The normalized spacial score (nSPS) is 10.6. The van der Waals surface area contributed by atoms with Crippen LogP contribution < -0.4 is 33.1 Å². The largest absolute Gasteiger partial charge is 0.493 e. The van der Waals surface area contributed by atoms with E-state index in [1.807, 2.05) is 30.4 Å². The van der Waals surface area contributed by atoms with Gasteiger partial charge in [-0.3, -0.25) is 10.1 Å². The Bertz CT molecular complexity index is 1270. The Hall–Kier alpha value is -4.25. The fourth-order valence-corrected chi connectivity index (χ4v) is 4.21. The second-order valence-electron chi connectivity index (χ2n) is 7.38. The smallest absolute Gasteiger partial charge is 0.312 e. The molecule has 1 N–H and O–H groups in total. The van der Waals surface area contributed by atoms with Crippen molar-refractivity contribution in [3.63, 3.8) is 0 Å². The monoisotopic (exact) mass is 528 g/mol. The van der Waals surface area contributed by atoms with Gasteiger partial charge in [0.1, 0.15) is 0 Å². The summed E-state index contributed by atoms with van der Waals surface area (Å²) >= 11 is 1.21. The first-order valence-electron chi connectivity index (χ1n) is 10.9. The third kappa shape index (κ3) is 6.31. The number of hydrogen-bond acceptors (Lipinski definition) is 10. The Morgan fingerprint density at radius 3 is 1.86 bits per heavy atom. The fraction of sp³-hybridized carbons (Fsp3) is 0.231. The minimum absolute atomic E-state index is 0.121. The summed E-state index contributed by atoms with van der Waals surface area (Å²) in [6.07, 6.45) is 3.78. The molecular formula is C26H28N2O8S. The van der Waals surface area contributed by atoms with Gasteiger partial charge in [0.2, 0.25) is 5.75 Å². The molecule has 196 valence electrons. The maximum atomic E-state index is 11.4. The van der Waals surface area contributed by atoms with Crippen molar-refractivity contribution in [3.8, 4) is 34.5 Å². The number of benzene rings is 3. The van der Waals surface area contributed by atoms with E-state index < -0.39 is 4.92 Å². The summed E-state index contributed by atoms with van der Waals surface area (Å²) in [6.45, 7) is 0. The van der Waals surface area contributed by atoms with E-state index in [9.17, 15) is 10.1 Å². The summed E-state index contributed by atoms with van der Waals surface area (Å²) in [6, 6.07) is 12.0. The molecule has 0 aromatic heterocycles. The number of nitro groups is 1.